The van der Waals surface area contributed by atoms with Crippen molar-refractivity contribution in [2.45, 2.75) is 5.75 Å². The zero-order valence-corrected chi connectivity index (χ0v) is 10.9. The zero-order chi connectivity index (χ0) is 11.9. The molecule has 4 heteroatoms. The number of nitrogen functional groups attached to an aromatic ring is 1. The minimum atomic E-state index is 0.840. The van der Waals surface area contributed by atoms with Gasteiger partial charge in [-0.3, -0.25) is 4.90 Å². The summed E-state index contributed by atoms with van der Waals surface area (Å²) in [6, 6.07) is 8.16. The number of nitrogens with zero attached hydrogens (tertiary/aromatic N) is 1. The number of hydrogen-bond donors (Lipinski definition) is 1. The Hall–Kier alpha value is -0.710. The molecule has 0 bridgehead atoms. The van der Waals surface area contributed by atoms with Gasteiger partial charge in [-0.25, -0.2) is 0 Å². The molecule has 1 aromatic rings. The normalized spacial score (nSPS) is 17.2. The molecule has 1 fully saturated rings. The van der Waals surface area contributed by atoms with E-state index >= 15 is 0 Å². The zero-order valence-electron chi connectivity index (χ0n) is 10.1. The summed E-state index contributed by atoms with van der Waals surface area (Å²) in [6.45, 7) is 5.12. The van der Waals surface area contributed by atoms with Crippen molar-refractivity contribution in [2.75, 3.05) is 44.3 Å². The minimum Gasteiger partial charge on any atom is -0.399 e. The van der Waals surface area contributed by atoms with E-state index in [1.807, 2.05) is 23.9 Å². The lowest BCUT2D eigenvalue weighted by atomic mass is 10.2. The average Bonchev–Trinajstić information content (AvgIpc) is 2.38. The smallest absolute Gasteiger partial charge is 0.0594 e. The molecule has 2 N–H and O–H groups in total. The first kappa shape index (κ1) is 12.7. The number of anilines is 1. The first-order chi connectivity index (χ1) is 8.34. The highest BCUT2D eigenvalue weighted by Gasteiger charge is 2.09. The van der Waals surface area contributed by atoms with Crippen LogP contribution in [0.3, 0.4) is 0 Å². The maximum absolute atomic E-state index is 5.65. The van der Waals surface area contributed by atoms with Gasteiger partial charge in [-0.05, 0) is 17.7 Å². The van der Waals surface area contributed by atoms with Crippen LogP contribution in [-0.4, -0.2) is 43.5 Å². The molecule has 3 nitrogen and oxygen atoms in total. The molecular formula is C13H20N2OS. The Morgan fingerprint density at radius 1 is 1.18 bits per heavy atom. The Balaban J connectivity index is 1.60. The lowest BCUT2D eigenvalue weighted by molar-refractivity contribution is 0.0410. The molecule has 1 heterocycles. The van der Waals surface area contributed by atoms with Crippen molar-refractivity contribution >= 4 is 17.4 Å². The maximum Gasteiger partial charge on any atom is 0.0594 e. The number of ether oxygens (including phenoxy) is 1. The third-order valence-corrected chi connectivity index (χ3v) is 3.91. The van der Waals surface area contributed by atoms with Gasteiger partial charge >= 0.3 is 0 Å². The third-order valence-electron chi connectivity index (χ3n) is 2.90. The van der Waals surface area contributed by atoms with Crippen LogP contribution < -0.4 is 5.73 Å². The van der Waals surface area contributed by atoms with Crippen LogP contribution >= 0.6 is 11.8 Å². The molecule has 94 valence electrons. The second kappa shape index (κ2) is 6.89. The van der Waals surface area contributed by atoms with Crippen LogP contribution in [-0.2, 0) is 10.5 Å². The number of morpholine rings is 1. The van der Waals surface area contributed by atoms with Crippen LogP contribution in [0, 0.1) is 0 Å². The van der Waals surface area contributed by atoms with E-state index in [4.69, 9.17) is 10.5 Å². The second-order valence-corrected chi connectivity index (χ2v) is 5.35. The van der Waals surface area contributed by atoms with E-state index in [2.05, 4.69) is 17.0 Å². The fourth-order valence-corrected chi connectivity index (χ4v) is 2.78. The van der Waals surface area contributed by atoms with Crippen LogP contribution in [0.15, 0.2) is 24.3 Å². The summed E-state index contributed by atoms with van der Waals surface area (Å²) < 4.78 is 5.33. The van der Waals surface area contributed by atoms with E-state index in [1.54, 1.807) is 0 Å². The van der Waals surface area contributed by atoms with Crippen LogP contribution in [0.5, 0.6) is 0 Å². The Morgan fingerprint density at radius 2 is 1.88 bits per heavy atom. The van der Waals surface area contributed by atoms with E-state index < -0.39 is 0 Å². The molecule has 0 aliphatic carbocycles. The third kappa shape index (κ3) is 4.58. The Morgan fingerprint density at radius 3 is 2.59 bits per heavy atom. The van der Waals surface area contributed by atoms with E-state index in [0.717, 1.165) is 37.7 Å². The quantitative estimate of drug-likeness (QED) is 0.641. The molecule has 0 saturated carbocycles. The molecule has 1 aliphatic rings. The number of rotatable bonds is 5. The fourth-order valence-electron chi connectivity index (χ4n) is 1.82. The minimum absolute atomic E-state index is 0.840. The highest BCUT2D eigenvalue weighted by Crippen LogP contribution is 2.14. The van der Waals surface area contributed by atoms with Gasteiger partial charge in [0.25, 0.3) is 0 Å². The van der Waals surface area contributed by atoms with Crippen molar-refractivity contribution < 1.29 is 4.74 Å². The van der Waals surface area contributed by atoms with Crippen molar-refractivity contribution in [3.63, 3.8) is 0 Å². The molecule has 0 spiro atoms. The van der Waals surface area contributed by atoms with E-state index in [9.17, 15) is 0 Å². The van der Waals surface area contributed by atoms with Crippen molar-refractivity contribution in [2.24, 2.45) is 0 Å². The average molecular weight is 252 g/mol. The first-order valence-electron chi connectivity index (χ1n) is 6.07. The molecule has 1 aromatic carbocycles. The van der Waals surface area contributed by atoms with Gasteiger partial charge in [0.05, 0.1) is 13.2 Å². The molecule has 0 atom stereocenters. The van der Waals surface area contributed by atoms with Gasteiger partial charge in [0.1, 0.15) is 0 Å². The highest BCUT2D eigenvalue weighted by atomic mass is 32.2. The van der Waals surface area contributed by atoms with Crippen molar-refractivity contribution in [1.82, 2.24) is 4.90 Å². The van der Waals surface area contributed by atoms with Gasteiger partial charge in [0.15, 0.2) is 0 Å². The van der Waals surface area contributed by atoms with E-state index in [-0.39, 0.29) is 0 Å². The highest BCUT2D eigenvalue weighted by molar-refractivity contribution is 7.98. The summed E-state index contributed by atoms with van der Waals surface area (Å²) >= 11 is 1.98. The van der Waals surface area contributed by atoms with Gasteiger partial charge in [0, 0.05) is 36.8 Å². The molecule has 0 unspecified atom stereocenters. The van der Waals surface area contributed by atoms with Crippen LogP contribution in [0.1, 0.15) is 5.56 Å². The summed E-state index contributed by atoms with van der Waals surface area (Å²) in [4.78, 5) is 2.47. The van der Waals surface area contributed by atoms with Crippen molar-refractivity contribution in [1.29, 1.82) is 0 Å². The Bertz CT molecular complexity index is 323. The predicted octanol–water partition coefficient (Wildman–Crippen LogP) is 1.83. The predicted molar refractivity (Wildman–Crippen MR) is 74.3 cm³/mol. The molecule has 0 amide bonds. The standard InChI is InChI=1S/C13H20N2OS/c14-13-3-1-12(2-4-13)11-17-10-7-15-5-8-16-9-6-15/h1-4H,5-11,14H2. The molecule has 1 saturated heterocycles. The summed E-state index contributed by atoms with van der Waals surface area (Å²) in [5.74, 6) is 2.26. The summed E-state index contributed by atoms with van der Waals surface area (Å²) in [7, 11) is 0. The lowest BCUT2D eigenvalue weighted by Gasteiger charge is -2.26. The summed E-state index contributed by atoms with van der Waals surface area (Å²) in [5.41, 5.74) is 7.85. The van der Waals surface area contributed by atoms with E-state index in [0.29, 0.717) is 0 Å². The SMILES string of the molecule is Nc1ccc(CSCCN2CCOCC2)cc1. The Kier molecular flexibility index (Phi) is 5.16. The monoisotopic (exact) mass is 252 g/mol. The van der Waals surface area contributed by atoms with Crippen molar-refractivity contribution in [3.8, 4) is 0 Å². The van der Waals surface area contributed by atoms with Gasteiger partial charge in [-0.15, -0.1) is 0 Å². The second-order valence-electron chi connectivity index (χ2n) is 4.25. The number of benzene rings is 1. The number of thioether (sulfide) groups is 1. The number of nitrogens with two attached hydrogens (primary N) is 1. The van der Waals surface area contributed by atoms with Crippen LogP contribution in [0.25, 0.3) is 0 Å². The van der Waals surface area contributed by atoms with Crippen LogP contribution in [0.4, 0.5) is 5.69 Å². The molecular weight excluding hydrogens is 232 g/mol. The number of hydrogen-bond acceptors (Lipinski definition) is 4. The van der Waals surface area contributed by atoms with Gasteiger partial charge in [-0.2, -0.15) is 11.8 Å². The lowest BCUT2D eigenvalue weighted by Crippen LogP contribution is -2.37. The van der Waals surface area contributed by atoms with Crippen molar-refractivity contribution in [3.05, 3.63) is 29.8 Å². The Labute approximate surface area is 107 Å². The van der Waals surface area contributed by atoms with E-state index in [1.165, 1.54) is 17.9 Å². The molecule has 17 heavy (non-hydrogen) atoms. The van der Waals surface area contributed by atoms with Gasteiger partial charge in [-0.1, -0.05) is 12.1 Å². The maximum atomic E-state index is 5.65. The molecule has 2 rings (SSSR count). The topological polar surface area (TPSA) is 38.5 Å². The summed E-state index contributed by atoms with van der Waals surface area (Å²) in [5, 5.41) is 0. The largest absolute Gasteiger partial charge is 0.399 e. The van der Waals surface area contributed by atoms with Crippen LogP contribution in [0.2, 0.25) is 0 Å². The molecule has 0 radical (unpaired) electrons. The van der Waals surface area contributed by atoms with Gasteiger partial charge < -0.3 is 10.5 Å². The fraction of sp³-hybridized carbons (Fsp3) is 0.538. The summed E-state index contributed by atoms with van der Waals surface area (Å²) in [6.07, 6.45) is 0. The van der Waals surface area contributed by atoms with Gasteiger partial charge in [0.2, 0.25) is 0 Å². The first-order valence-corrected chi connectivity index (χ1v) is 7.22. The molecule has 0 aromatic heterocycles. The molecule has 1 aliphatic heterocycles.